The van der Waals surface area contributed by atoms with Crippen LogP contribution in [0.1, 0.15) is 26.7 Å². The Balaban J connectivity index is 2.58. The molecule has 0 radical (unpaired) electrons. The van der Waals surface area contributed by atoms with Crippen molar-refractivity contribution in [3.05, 3.63) is 0 Å². The van der Waals surface area contributed by atoms with Gasteiger partial charge < -0.3 is 14.7 Å². The van der Waals surface area contributed by atoms with Crippen molar-refractivity contribution in [3.8, 4) is 6.07 Å². The van der Waals surface area contributed by atoms with Crippen LogP contribution in [0.25, 0.3) is 0 Å². The molecule has 1 fully saturated rings. The smallest absolute Gasteiger partial charge is 0.332 e. The summed E-state index contributed by atoms with van der Waals surface area (Å²) in [6.07, 6.45) is -0.785. The Bertz CT molecular complexity index is 364. The summed E-state index contributed by atoms with van der Waals surface area (Å²) in [4.78, 5) is 24.4. The summed E-state index contributed by atoms with van der Waals surface area (Å²) in [5.41, 5.74) is 0. The summed E-state index contributed by atoms with van der Waals surface area (Å²) >= 11 is 0. The van der Waals surface area contributed by atoms with Crippen molar-refractivity contribution >= 4 is 11.9 Å². The van der Waals surface area contributed by atoms with Crippen LogP contribution in [-0.4, -0.2) is 47.2 Å². The van der Waals surface area contributed by atoms with E-state index in [2.05, 4.69) is 6.07 Å². The Morgan fingerprint density at radius 2 is 2.11 bits per heavy atom. The predicted octanol–water partition coefficient (Wildman–Crippen LogP) is 0.627. The van der Waals surface area contributed by atoms with E-state index in [0.29, 0.717) is 25.9 Å². The molecule has 100 valence electrons. The van der Waals surface area contributed by atoms with Gasteiger partial charge in [-0.2, -0.15) is 5.26 Å². The first-order valence-electron chi connectivity index (χ1n) is 6.06. The van der Waals surface area contributed by atoms with Crippen molar-refractivity contribution in [2.75, 3.05) is 13.1 Å². The van der Waals surface area contributed by atoms with E-state index in [9.17, 15) is 9.59 Å². The number of hydrogen-bond donors (Lipinski definition) is 1. The maximum Gasteiger partial charge on any atom is 0.332 e. The highest BCUT2D eigenvalue weighted by atomic mass is 16.5. The summed E-state index contributed by atoms with van der Waals surface area (Å²) in [5.74, 6) is -1.49. The Kier molecular flexibility index (Phi) is 5.10. The minimum Gasteiger partial charge on any atom is -0.479 e. The van der Waals surface area contributed by atoms with Crippen molar-refractivity contribution in [2.24, 2.45) is 5.92 Å². The van der Waals surface area contributed by atoms with Gasteiger partial charge in [-0.15, -0.1) is 0 Å². The van der Waals surface area contributed by atoms with E-state index in [0.717, 1.165) is 0 Å². The number of ether oxygens (including phenoxy) is 1. The molecular formula is C12H18N2O4. The van der Waals surface area contributed by atoms with E-state index in [1.54, 1.807) is 11.8 Å². The maximum atomic E-state index is 12.1. The number of nitriles is 1. The van der Waals surface area contributed by atoms with Gasteiger partial charge in [-0.05, 0) is 26.7 Å². The van der Waals surface area contributed by atoms with Gasteiger partial charge in [0, 0.05) is 13.1 Å². The van der Waals surface area contributed by atoms with Crippen molar-refractivity contribution < 1.29 is 19.4 Å². The van der Waals surface area contributed by atoms with E-state index in [1.165, 1.54) is 0 Å². The van der Waals surface area contributed by atoms with Crippen LogP contribution in [0.4, 0.5) is 0 Å². The lowest BCUT2D eigenvalue weighted by Gasteiger charge is -2.24. The highest BCUT2D eigenvalue weighted by molar-refractivity contribution is 5.82. The first-order chi connectivity index (χ1) is 8.49. The van der Waals surface area contributed by atoms with Gasteiger partial charge in [0.25, 0.3) is 5.91 Å². The van der Waals surface area contributed by atoms with Crippen LogP contribution in [0, 0.1) is 17.2 Å². The molecule has 0 spiro atoms. The third kappa shape index (κ3) is 3.44. The van der Waals surface area contributed by atoms with Gasteiger partial charge in [0.15, 0.2) is 6.10 Å². The first-order valence-corrected chi connectivity index (χ1v) is 6.06. The predicted molar refractivity (Wildman–Crippen MR) is 62.6 cm³/mol. The third-order valence-electron chi connectivity index (χ3n) is 2.98. The molecule has 0 aromatic heterocycles. The number of amides is 1. The summed E-state index contributed by atoms with van der Waals surface area (Å²) in [6.45, 7) is 4.41. The molecule has 0 aliphatic carbocycles. The number of hydrogen-bond acceptors (Lipinski definition) is 4. The van der Waals surface area contributed by atoms with Gasteiger partial charge in [-0.1, -0.05) is 0 Å². The fourth-order valence-electron chi connectivity index (χ4n) is 1.95. The minimum atomic E-state index is -1.03. The second-order valence-corrected chi connectivity index (χ2v) is 4.44. The molecule has 0 saturated carbocycles. The van der Waals surface area contributed by atoms with Crippen LogP contribution >= 0.6 is 0 Å². The lowest BCUT2D eigenvalue weighted by molar-refractivity contribution is -0.154. The fourth-order valence-corrected chi connectivity index (χ4v) is 1.95. The molecule has 0 aromatic rings. The van der Waals surface area contributed by atoms with E-state index < -0.39 is 18.2 Å². The lowest BCUT2D eigenvalue weighted by Crippen LogP contribution is -2.41. The molecule has 1 saturated heterocycles. The van der Waals surface area contributed by atoms with Crippen LogP contribution in [0.5, 0.6) is 0 Å². The first kappa shape index (κ1) is 14.5. The number of carboxylic acid groups (broad SMARTS) is 1. The molecule has 1 aliphatic rings. The maximum absolute atomic E-state index is 12.1. The normalized spacial score (nSPS) is 24.3. The largest absolute Gasteiger partial charge is 0.479 e. The van der Waals surface area contributed by atoms with E-state index in [1.807, 2.05) is 6.92 Å². The topological polar surface area (TPSA) is 90.6 Å². The second-order valence-electron chi connectivity index (χ2n) is 4.44. The number of carbonyl (C=O) groups excluding carboxylic acids is 1. The second kappa shape index (κ2) is 6.36. The quantitative estimate of drug-likeness (QED) is 0.777. The van der Waals surface area contributed by atoms with Crippen LogP contribution < -0.4 is 0 Å². The van der Waals surface area contributed by atoms with E-state index in [4.69, 9.17) is 15.1 Å². The highest BCUT2D eigenvalue weighted by Crippen LogP contribution is 2.22. The molecular weight excluding hydrogens is 236 g/mol. The zero-order valence-corrected chi connectivity index (χ0v) is 10.6. The lowest BCUT2D eigenvalue weighted by atomic mass is 10.1. The average molecular weight is 254 g/mol. The zero-order valence-electron chi connectivity index (χ0n) is 10.6. The Morgan fingerprint density at radius 3 is 2.56 bits per heavy atom. The molecule has 0 aromatic carbocycles. The van der Waals surface area contributed by atoms with Gasteiger partial charge >= 0.3 is 5.97 Å². The summed E-state index contributed by atoms with van der Waals surface area (Å²) in [6, 6.07) is 2.07. The molecule has 1 unspecified atom stereocenters. The van der Waals surface area contributed by atoms with Crippen molar-refractivity contribution in [1.29, 1.82) is 5.26 Å². The average Bonchev–Trinajstić information content (AvgIpc) is 2.84. The minimum absolute atomic E-state index is 0.219. The Morgan fingerprint density at radius 1 is 1.50 bits per heavy atom. The Labute approximate surface area is 106 Å². The molecule has 6 heteroatoms. The van der Waals surface area contributed by atoms with Crippen LogP contribution in [0.2, 0.25) is 0 Å². The number of likely N-dealkylation sites (N-methyl/N-ethyl adjacent to an activating group) is 1. The van der Waals surface area contributed by atoms with Crippen molar-refractivity contribution in [2.45, 2.75) is 38.9 Å². The summed E-state index contributed by atoms with van der Waals surface area (Å²) < 4.78 is 5.21. The molecule has 0 bridgehead atoms. The van der Waals surface area contributed by atoms with Crippen LogP contribution in [-0.2, 0) is 14.3 Å². The van der Waals surface area contributed by atoms with Gasteiger partial charge in [-0.3, -0.25) is 4.79 Å². The molecule has 1 N–H and O–H groups in total. The molecule has 1 amide bonds. The van der Waals surface area contributed by atoms with E-state index in [-0.39, 0.29) is 11.8 Å². The SMILES string of the molecule is CCN(CC(C)C#N)C(=O)[C@@H]1CC[C@H](C(=O)O)O1. The van der Waals surface area contributed by atoms with Gasteiger partial charge in [0.05, 0.1) is 12.0 Å². The fraction of sp³-hybridized carbons (Fsp3) is 0.750. The number of nitrogens with zero attached hydrogens (tertiary/aromatic N) is 2. The molecule has 18 heavy (non-hydrogen) atoms. The molecule has 1 heterocycles. The third-order valence-corrected chi connectivity index (χ3v) is 2.98. The van der Waals surface area contributed by atoms with Gasteiger partial charge in [0.1, 0.15) is 6.10 Å². The molecule has 6 nitrogen and oxygen atoms in total. The molecule has 3 atom stereocenters. The standard InChI is InChI=1S/C12H18N2O4/c1-3-14(7-8(2)6-13)11(15)9-4-5-10(18-9)12(16)17/h8-10H,3-5,7H2,1-2H3,(H,16,17)/t8?,9-,10+/m0/s1. The molecule has 1 rings (SSSR count). The number of aliphatic carboxylic acids is 1. The van der Waals surface area contributed by atoms with Gasteiger partial charge in [0.2, 0.25) is 0 Å². The van der Waals surface area contributed by atoms with Crippen LogP contribution in [0.3, 0.4) is 0 Å². The van der Waals surface area contributed by atoms with Crippen molar-refractivity contribution in [3.63, 3.8) is 0 Å². The number of carbonyl (C=O) groups is 2. The van der Waals surface area contributed by atoms with Crippen molar-refractivity contribution in [1.82, 2.24) is 4.90 Å². The van der Waals surface area contributed by atoms with Gasteiger partial charge in [-0.25, -0.2) is 4.79 Å². The number of rotatable bonds is 5. The monoisotopic (exact) mass is 254 g/mol. The summed E-state index contributed by atoms with van der Waals surface area (Å²) in [7, 11) is 0. The molecule has 1 aliphatic heterocycles. The number of carboxylic acids is 1. The zero-order chi connectivity index (χ0) is 13.7. The van der Waals surface area contributed by atoms with E-state index >= 15 is 0 Å². The highest BCUT2D eigenvalue weighted by Gasteiger charge is 2.36. The Hall–Kier alpha value is -1.61. The summed E-state index contributed by atoms with van der Waals surface area (Å²) in [5, 5.41) is 17.5. The van der Waals surface area contributed by atoms with Crippen LogP contribution in [0.15, 0.2) is 0 Å².